The number of rotatable bonds is 12. The summed E-state index contributed by atoms with van der Waals surface area (Å²) in [6, 6.07) is 9.52. The first-order valence-corrected chi connectivity index (χ1v) is 14.8. The summed E-state index contributed by atoms with van der Waals surface area (Å²) in [7, 11) is -11.1. The molecule has 1 heterocycles. The van der Waals surface area contributed by atoms with Gasteiger partial charge in [-0.15, -0.1) is 0 Å². The van der Waals surface area contributed by atoms with Gasteiger partial charge in [0.25, 0.3) is 10.0 Å². The van der Waals surface area contributed by atoms with Gasteiger partial charge in [-0.3, -0.25) is 35.4 Å². The van der Waals surface area contributed by atoms with Crippen LogP contribution in [0, 0.1) is 4.77 Å². The minimum Gasteiger partial charge on any atom is -0.743 e. The van der Waals surface area contributed by atoms with Crippen molar-refractivity contribution >= 4 is 73.0 Å². The molecule has 23 heteroatoms. The van der Waals surface area contributed by atoms with Crippen LogP contribution in [0.4, 0.5) is 34.6 Å². The van der Waals surface area contributed by atoms with Crippen LogP contribution in [0.25, 0.3) is 0 Å². The molecule has 0 bridgehead atoms. The molecule has 0 radical (unpaired) electrons. The number of thioether (sulfide) groups is 1. The first-order chi connectivity index (χ1) is 18.9. The van der Waals surface area contributed by atoms with Crippen molar-refractivity contribution in [2.24, 2.45) is 0 Å². The van der Waals surface area contributed by atoms with E-state index in [0.29, 0.717) is 5.16 Å². The Bertz CT molecular complexity index is 1720. The molecule has 0 saturated heterocycles. The third-order valence-corrected chi connectivity index (χ3v) is 8.00. The van der Waals surface area contributed by atoms with Crippen LogP contribution >= 0.6 is 24.0 Å². The fourth-order valence-electron chi connectivity index (χ4n) is 2.73. The number of aromatic amines is 2. The van der Waals surface area contributed by atoms with E-state index in [9.17, 15) is 48.5 Å². The van der Waals surface area contributed by atoms with E-state index < -0.39 is 43.1 Å². The molecule has 0 aliphatic rings. The molecule has 0 atom stereocenters. The minimum atomic E-state index is -6.87. The summed E-state index contributed by atoms with van der Waals surface area (Å²) < 4.78 is 113. The van der Waals surface area contributed by atoms with Gasteiger partial charge >= 0.3 is 46.6 Å². The maximum Gasteiger partial charge on any atom is 1.00 e. The van der Waals surface area contributed by atoms with E-state index in [2.05, 4.69) is 25.2 Å². The molecule has 0 spiro atoms. The zero-order valence-electron chi connectivity index (χ0n) is 20.8. The molecule has 0 aliphatic heterocycles. The van der Waals surface area contributed by atoms with E-state index >= 15 is 0 Å². The van der Waals surface area contributed by atoms with Crippen molar-refractivity contribution in [1.82, 2.24) is 20.6 Å². The Hall–Kier alpha value is -2.73. The number of hydrogen-bond acceptors (Lipinski definition) is 11. The second-order valence-electron chi connectivity index (χ2n) is 7.64. The first-order valence-electron chi connectivity index (χ1n) is 10.5. The summed E-state index contributed by atoms with van der Waals surface area (Å²) >= 11 is 5.86. The van der Waals surface area contributed by atoms with E-state index in [1.807, 2.05) is 0 Å². The molecule has 1 aromatic heterocycles. The smallest absolute Gasteiger partial charge is 0.743 e. The summed E-state index contributed by atoms with van der Waals surface area (Å²) in [6.07, 6.45) is 0. The third kappa shape index (κ3) is 8.65. The van der Waals surface area contributed by atoms with Crippen molar-refractivity contribution < 1.29 is 78.1 Å². The Balaban J connectivity index is 0.00000616. The topological polar surface area (TPSA) is 218 Å². The molecule has 2 aromatic carbocycles. The Morgan fingerprint density at radius 2 is 1.60 bits per heavy atom. The van der Waals surface area contributed by atoms with Crippen molar-refractivity contribution in [1.29, 1.82) is 0 Å². The van der Waals surface area contributed by atoms with E-state index in [-0.39, 0.29) is 62.0 Å². The molecule has 0 fully saturated rings. The van der Waals surface area contributed by atoms with Crippen LogP contribution in [0.1, 0.15) is 0 Å². The molecule has 2 amide bonds. The number of hydrazine groups is 1. The fourth-order valence-corrected chi connectivity index (χ4v) is 5.06. The average Bonchev–Trinajstić information content (AvgIpc) is 3.31. The number of anilines is 3. The zero-order valence-corrected chi connectivity index (χ0v) is 26.0. The Labute approximate surface area is 265 Å². The van der Waals surface area contributed by atoms with Crippen LogP contribution in [0.5, 0.6) is 0 Å². The van der Waals surface area contributed by atoms with Gasteiger partial charge in [0.15, 0.2) is 15.3 Å². The second-order valence-corrected chi connectivity index (χ2v) is 12.1. The van der Waals surface area contributed by atoms with Gasteiger partial charge < -0.3 is 9.87 Å². The van der Waals surface area contributed by atoms with E-state index in [1.165, 1.54) is 24.3 Å². The maximum absolute atomic E-state index is 13.5. The standard InChI is InChI=1S/C19H17F4N7O7S4.Na/c20-18(21,19(22,23)41(35,36)37)15(32)27-26-10-4-6-11(7-5-10)30-40(33,34)13-3-1-2-12(8-13)24-14(31)9-39-17-25-16(38)28-29-17;/h1-8,26,30H,9H2,(H,24,31)(H,27,32)(H,35,36,37)(H2,25,28,29,38);/q;+1/p-1. The van der Waals surface area contributed by atoms with Gasteiger partial charge in [0.05, 0.1) is 16.3 Å². The molecule has 6 N–H and O–H groups in total. The number of carbonyl (C=O) groups is 2. The van der Waals surface area contributed by atoms with Gasteiger partial charge in [-0.1, -0.05) is 17.8 Å². The molecule has 14 nitrogen and oxygen atoms in total. The Morgan fingerprint density at radius 3 is 2.17 bits per heavy atom. The molecular weight excluding hydrogens is 666 g/mol. The van der Waals surface area contributed by atoms with Crippen LogP contribution < -0.4 is 50.4 Å². The molecular formula is C19H16F4N7NaO7S4. The van der Waals surface area contributed by atoms with Crippen molar-refractivity contribution in [2.45, 2.75) is 21.2 Å². The predicted molar refractivity (Wildman–Crippen MR) is 138 cm³/mol. The monoisotopic (exact) mass is 681 g/mol. The minimum absolute atomic E-state index is 0. The van der Waals surface area contributed by atoms with E-state index in [4.69, 9.17) is 12.2 Å². The maximum atomic E-state index is 13.5. The summed E-state index contributed by atoms with van der Waals surface area (Å²) in [5.41, 5.74) is 2.83. The van der Waals surface area contributed by atoms with Gasteiger partial charge in [0, 0.05) is 11.4 Å². The normalized spacial score (nSPS) is 12.1. The van der Waals surface area contributed by atoms with Gasteiger partial charge in [-0.05, 0) is 54.7 Å². The summed E-state index contributed by atoms with van der Waals surface area (Å²) in [4.78, 5) is 27.3. The zero-order chi connectivity index (χ0) is 30.6. The molecule has 3 rings (SSSR count). The number of alkyl halides is 4. The van der Waals surface area contributed by atoms with E-state index in [0.717, 1.165) is 41.5 Å². The number of nitrogens with zero attached hydrogens (tertiary/aromatic N) is 1. The third-order valence-electron chi connectivity index (χ3n) is 4.67. The van der Waals surface area contributed by atoms with Crippen LogP contribution in [0.2, 0.25) is 0 Å². The summed E-state index contributed by atoms with van der Waals surface area (Å²) in [5, 5.41) is 1.91. The number of halogens is 4. The van der Waals surface area contributed by atoms with Crippen molar-refractivity contribution in [3.05, 3.63) is 53.3 Å². The number of hydrogen-bond donors (Lipinski definition) is 6. The Morgan fingerprint density at radius 1 is 0.976 bits per heavy atom. The van der Waals surface area contributed by atoms with Gasteiger partial charge in [0.2, 0.25) is 10.7 Å². The molecule has 0 saturated carbocycles. The van der Waals surface area contributed by atoms with Crippen LogP contribution in [0.3, 0.4) is 0 Å². The SMILES string of the molecule is O=C(CSc1nc(=S)[nH][nH]1)Nc1cccc(S(=O)(=O)Nc2ccc(NNC(=O)C(F)(F)C(F)(F)S(=O)(=O)[O-])cc2)c1.[Na+]. The average molecular weight is 682 g/mol. The number of nitrogens with one attached hydrogen (secondary N) is 6. The quantitative estimate of drug-likeness (QED) is 0.0348. The van der Waals surface area contributed by atoms with Crippen LogP contribution in [-0.2, 0) is 29.7 Å². The van der Waals surface area contributed by atoms with Crippen molar-refractivity contribution in [3.63, 3.8) is 0 Å². The number of benzene rings is 2. The number of sulfonamides is 1. The molecule has 3 aromatic rings. The van der Waals surface area contributed by atoms with Gasteiger partial charge in [0.1, 0.15) is 0 Å². The summed E-state index contributed by atoms with van der Waals surface area (Å²) in [6.45, 7) is 0. The predicted octanol–water partition coefficient (Wildman–Crippen LogP) is -0.781. The first kappa shape index (κ1) is 35.5. The summed E-state index contributed by atoms with van der Waals surface area (Å²) in [5.74, 6) is -9.26. The molecule has 222 valence electrons. The number of H-pyrrole nitrogens is 2. The number of amides is 2. The van der Waals surface area contributed by atoms with Gasteiger partial charge in [-0.2, -0.15) is 22.5 Å². The van der Waals surface area contributed by atoms with Crippen molar-refractivity contribution in [3.8, 4) is 0 Å². The number of aromatic nitrogens is 3. The van der Waals surface area contributed by atoms with Crippen molar-refractivity contribution in [2.75, 3.05) is 21.2 Å². The molecule has 0 unspecified atom stereocenters. The Kier molecular flexibility index (Phi) is 11.6. The van der Waals surface area contributed by atoms with Gasteiger partial charge in [-0.25, -0.2) is 16.8 Å². The fraction of sp³-hybridized carbons (Fsp3) is 0.158. The van der Waals surface area contributed by atoms with Crippen LogP contribution in [-0.4, -0.2) is 65.3 Å². The number of carbonyl (C=O) groups excluding carboxylic acids is 2. The van der Waals surface area contributed by atoms with Crippen LogP contribution in [0.15, 0.2) is 58.6 Å². The second kappa shape index (κ2) is 13.7. The molecule has 42 heavy (non-hydrogen) atoms. The largest absolute Gasteiger partial charge is 1.00 e. The molecule has 0 aliphatic carbocycles. The van der Waals surface area contributed by atoms with E-state index in [1.54, 1.807) is 5.43 Å².